The number of amides is 1. The van der Waals surface area contributed by atoms with Crippen LogP contribution in [0.1, 0.15) is 49.1 Å². The SMILES string of the molecule is CC1CN2C(=C(O)C1O)C(=O)N(C(C)C)CN2C1c2ccccc2CCc2c(Cl)cccc21. The number of benzene rings is 2. The molecule has 0 radical (unpaired) electrons. The van der Waals surface area contributed by atoms with Gasteiger partial charge in [-0.25, -0.2) is 0 Å². The van der Waals surface area contributed by atoms with E-state index in [4.69, 9.17) is 11.6 Å². The van der Waals surface area contributed by atoms with Crippen molar-refractivity contribution in [2.75, 3.05) is 13.2 Å². The maximum Gasteiger partial charge on any atom is 0.276 e. The van der Waals surface area contributed by atoms with E-state index in [2.05, 4.69) is 29.3 Å². The van der Waals surface area contributed by atoms with E-state index in [0.717, 1.165) is 29.0 Å². The standard InChI is InChI=1S/C26H30ClN3O3/c1-15(2)28-14-30(29-13-16(3)24(31)25(32)23(29)26(28)33)22-18-8-5-4-7-17(18)11-12-19-20(22)9-6-10-21(19)27/h4-10,15-16,22,24,31-32H,11-14H2,1-3H3. The summed E-state index contributed by atoms with van der Waals surface area (Å²) in [5.74, 6) is -0.727. The fourth-order valence-corrected chi connectivity index (χ4v) is 5.66. The highest BCUT2D eigenvalue weighted by Crippen LogP contribution is 2.43. The first-order valence-electron chi connectivity index (χ1n) is 11.6. The molecule has 33 heavy (non-hydrogen) atoms. The lowest BCUT2D eigenvalue weighted by Crippen LogP contribution is -2.63. The Morgan fingerprint density at radius 2 is 1.79 bits per heavy atom. The average Bonchev–Trinajstić information content (AvgIpc) is 2.95. The highest BCUT2D eigenvalue weighted by atomic mass is 35.5. The molecule has 3 unspecified atom stereocenters. The Bertz CT molecular complexity index is 1130. The topological polar surface area (TPSA) is 67.2 Å². The Balaban J connectivity index is 1.74. The number of aliphatic hydroxyl groups excluding tert-OH is 2. The molecule has 2 N–H and O–H groups in total. The third-order valence-corrected chi connectivity index (χ3v) is 7.57. The smallest absolute Gasteiger partial charge is 0.276 e. The monoisotopic (exact) mass is 467 g/mol. The molecule has 5 rings (SSSR count). The Kier molecular flexibility index (Phi) is 5.63. The molecule has 1 fully saturated rings. The first-order valence-corrected chi connectivity index (χ1v) is 12.0. The number of hydrazine groups is 1. The molecule has 2 aliphatic heterocycles. The normalized spacial score (nSPS) is 25.6. The van der Waals surface area contributed by atoms with Gasteiger partial charge in [-0.05, 0) is 55.0 Å². The molecule has 1 saturated heterocycles. The summed E-state index contributed by atoms with van der Waals surface area (Å²) in [6.07, 6.45) is 0.664. The van der Waals surface area contributed by atoms with Crippen LogP contribution in [0, 0.1) is 5.92 Å². The van der Waals surface area contributed by atoms with E-state index in [9.17, 15) is 15.0 Å². The second kappa shape index (κ2) is 8.35. The zero-order valence-corrected chi connectivity index (χ0v) is 20.0. The largest absolute Gasteiger partial charge is 0.507 e. The van der Waals surface area contributed by atoms with Gasteiger partial charge in [0.1, 0.15) is 6.10 Å². The number of fused-ring (bicyclic) bond motifs is 3. The Morgan fingerprint density at radius 3 is 2.55 bits per heavy atom. The molecule has 1 aliphatic carbocycles. The lowest BCUT2D eigenvalue weighted by molar-refractivity contribution is -0.166. The van der Waals surface area contributed by atoms with Gasteiger partial charge in [0.25, 0.3) is 5.91 Å². The van der Waals surface area contributed by atoms with E-state index in [0.29, 0.717) is 13.2 Å². The molecule has 2 heterocycles. The van der Waals surface area contributed by atoms with E-state index < -0.39 is 6.10 Å². The third-order valence-electron chi connectivity index (χ3n) is 7.22. The second-order valence-corrected chi connectivity index (χ2v) is 10.0. The van der Waals surface area contributed by atoms with Crippen molar-refractivity contribution >= 4 is 17.5 Å². The lowest BCUT2D eigenvalue weighted by Gasteiger charge is -2.53. The van der Waals surface area contributed by atoms with E-state index in [-0.39, 0.29) is 35.4 Å². The molecule has 174 valence electrons. The Hall–Kier alpha value is -2.54. The first kappa shape index (κ1) is 22.3. The minimum atomic E-state index is -1.06. The summed E-state index contributed by atoms with van der Waals surface area (Å²) in [5.41, 5.74) is 4.83. The molecule has 2 aromatic rings. The number of carbonyl (C=O) groups is 1. The molecular formula is C26H30ClN3O3. The number of hydrogen-bond acceptors (Lipinski definition) is 5. The van der Waals surface area contributed by atoms with Crippen molar-refractivity contribution in [2.45, 2.75) is 51.8 Å². The molecule has 1 amide bonds. The van der Waals surface area contributed by atoms with Crippen LogP contribution in [0.3, 0.4) is 0 Å². The number of halogens is 1. The molecule has 3 aliphatic rings. The molecule has 0 saturated carbocycles. The van der Waals surface area contributed by atoms with Gasteiger partial charge >= 0.3 is 0 Å². The van der Waals surface area contributed by atoms with Crippen molar-refractivity contribution in [3.05, 3.63) is 81.2 Å². The molecule has 3 atom stereocenters. The summed E-state index contributed by atoms with van der Waals surface area (Å²) in [6.45, 7) is 6.64. The van der Waals surface area contributed by atoms with Crippen molar-refractivity contribution in [2.24, 2.45) is 5.92 Å². The summed E-state index contributed by atoms with van der Waals surface area (Å²) in [5, 5.41) is 26.3. The van der Waals surface area contributed by atoms with Gasteiger partial charge in [-0.2, -0.15) is 5.01 Å². The number of aliphatic hydroxyl groups is 2. The van der Waals surface area contributed by atoms with Crippen LogP contribution in [0.4, 0.5) is 0 Å². The van der Waals surface area contributed by atoms with Crippen molar-refractivity contribution in [3.63, 3.8) is 0 Å². The first-order chi connectivity index (χ1) is 15.8. The molecule has 0 bridgehead atoms. The fraction of sp³-hybridized carbons (Fsp3) is 0.423. The van der Waals surface area contributed by atoms with Gasteiger partial charge in [0, 0.05) is 23.5 Å². The van der Waals surface area contributed by atoms with Gasteiger partial charge in [-0.1, -0.05) is 54.9 Å². The predicted molar refractivity (Wildman–Crippen MR) is 127 cm³/mol. The van der Waals surface area contributed by atoms with Gasteiger partial charge in [-0.15, -0.1) is 0 Å². The van der Waals surface area contributed by atoms with Crippen LogP contribution in [0.2, 0.25) is 5.02 Å². The van der Waals surface area contributed by atoms with Crippen LogP contribution in [0.15, 0.2) is 53.9 Å². The summed E-state index contributed by atoms with van der Waals surface area (Å²) in [7, 11) is 0. The van der Waals surface area contributed by atoms with Crippen LogP contribution in [-0.2, 0) is 17.6 Å². The highest BCUT2D eigenvalue weighted by Gasteiger charge is 2.47. The maximum absolute atomic E-state index is 13.4. The van der Waals surface area contributed by atoms with E-state index >= 15 is 0 Å². The maximum atomic E-state index is 13.4. The number of rotatable bonds is 2. The van der Waals surface area contributed by atoms with E-state index in [1.165, 1.54) is 11.1 Å². The van der Waals surface area contributed by atoms with Crippen molar-refractivity contribution < 1.29 is 15.0 Å². The van der Waals surface area contributed by atoms with Gasteiger partial charge in [-0.3, -0.25) is 9.80 Å². The van der Waals surface area contributed by atoms with Gasteiger partial charge in [0.15, 0.2) is 11.5 Å². The third kappa shape index (κ3) is 3.52. The molecule has 0 aromatic heterocycles. The molecule has 6 nitrogen and oxygen atoms in total. The summed E-state index contributed by atoms with van der Waals surface area (Å²) >= 11 is 6.69. The van der Waals surface area contributed by atoms with Gasteiger partial charge in [0.05, 0.1) is 12.7 Å². The minimum absolute atomic E-state index is 0.0706. The summed E-state index contributed by atoms with van der Waals surface area (Å²) in [4.78, 5) is 15.2. The van der Waals surface area contributed by atoms with Crippen LogP contribution < -0.4 is 0 Å². The van der Waals surface area contributed by atoms with Gasteiger partial charge < -0.3 is 15.1 Å². The van der Waals surface area contributed by atoms with Crippen molar-refractivity contribution in [1.82, 2.24) is 14.9 Å². The van der Waals surface area contributed by atoms with Crippen LogP contribution in [0.5, 0.6) is 0 Å². The fourth-order valence-electron chi connectivity index (χ4n) is 5.38. The predicted octanol–water partition coefficient (Wildman–Crippen LogP) is 4.04. The number of carbonyl (C=O) groups excluding carboxylic acids is 1. The van der Waals surface area contributed by atoms with E-state index in [1.54, 1.807) is 4.90 Å². The molecule has 0 spiro atoms. The molecular weight excluding hydrogens is 438 g/mol. The number of hydrogen-bond donors (Lipinski definition) is 2. The zero-order chi connectivity index (χ0) is 23.4. The van der Waals surface area contributed by atoms with E-state index in [1.807, 2.05) is 44.0 Å². The molecule has 2 aromatic carbocycles. The Labute approximate surface area is 199 Å². The quantitative estimate of drug-likeness (QED) is 0.697. The number of nitrogens with zero attached hydrogens (tertiary/aromatic N) is 3. The van der Waals surface area contributed by atoms with Crippen LogP contribution >= 0.6 is 11.6 Å². The summed E-state index contributed by atoms with van der Waals surface area (Å²) in [6, 6.07) is 14.2. The van der Waals surface area contributed by atoms with Crippen molar-refractivity contribution in [3.8, 4) is 0 Å². The zero-order valence-electron chi connectivity index (χ0n) is 19.2. The van der Waals surface area contributed by atoms with Crippen molar-refractivity contribution in [1.29, 1.82) is 0 Å². The highest BCUT2D eigenvalue weighted by molar-refractivity contribution is 6.31. The summed E-state index contributed by atoms with van der Waals surface area (Å²) < 4.78 is 0. The van der Waals surface area contributed by atoms with Crippen LogP contribution in [0.25, 0.3) is 0 Å². The Morgan fingerprint density at radius 1 is 1.06 bits per heavy atom. The second-order valence-electron chi connectivity index (χ2n) is 9.60. The lowest BCUT2D eigenvalue weighted by atomic mass is 9.92. The average molecular weight is 468 g/mol. The number of aryl methyl sites for hydroxylation is 1. The van der Waals surface area contributed by atoms with Gasteiger partial charge in [0.2, 0.25) is 0 Å². The van der Waals surface area contributed by atoms with Crippen LogP contribution in [-0.4, -0.2) is 56.4 Å². The minimum Gasteiger partial charge on any atom is -0.507 e. The molecule has 7 heteroatoms.